The van der Waals surface area contributed by atoms with Gasteiger partial charge in [-0.25, -0.2) is 0 Å². The molecule has 2 aliphatic rings. The van der Waals surface area contributed by atoms with E-state index in [1.54, 1.807) is 0 Å². The number of para-hydroxylation sites is 1. The van der Waals surface area contributed by atoms with Crippen LogP contribution in [0.4, 0.5) is 5.69 Å². The topological polar surface area (TPSA) is 61.8 Å². The summed E-state index contributed by atoms with van der Waals surface area (Å²) in [5, 5.41) is 13.4. The average Bonchev–Trinajstić information content (AvgIpc) is 2.60. The van der Waals surface area contributed by atoms with Crippen LogP contribution >= 0.6 is 12.4 Å². The lowest BCUT2D eigenvalue weighted by Crippen LogP contribution is -2.63. The van der Waals surface area contributed by atoms with Crippen LogP contribution in [0.1, 0.15) is 26.2 Å². The minimum atomic E-state index is -0.279. The summed E-state index contributed by atoms with van der Waals surface area (Å²) in [5.74, 6) is 0.116. The fraction of sp³-hybridized carbons (Fsp3) is 0.611. The summed E-state index contributed by atoms with van der Waals surface area (Å²) >= 11 is 0. The van der Waals surface area contributed by atoms with Crippen molar-refractivity contribution < 1.29 is 14.6 Å². The zero-order valence-corrected chi connectivity index (χ0v) is 14.9. The Kier molecular flexibility index (Phi) is 6.49. The maximum Gasteiger partial charge on any atom is 0.241 e. The quantitative estimate of drug-likeness (QED) is 0.851. The Balaban J connectivity index is 0.00000208. The molecule has 1 saturated heterocycles. The molecule has 3 rings (SSSR count). The second-order valence-corrected chi connectivity index (χ2v) is 6.53. The number of nitrogens with zero attached hydrogens (tertiary/aromatic N) is 1. The molecule has 2 N–H and O–H groups in total. The number of aliphatic hydroxyl groups is 1. The van der Waals surface area contributed by atoms with E-state index < -0.39 is 0 Å². The van der Waals surface area contributed by atoms with Gasteiger partial charge in [0.25, 0.3) is 0 Å². The van der Waals surface area contributed by atoms with Gasteiger partial charge in [0, 0.05) is 37.2 Å². The van der Waals surface area contributed by atoms with E-state index in [1.165, 1.54) is 0 Å². The van der Waals surface area contributed by atoms with Crippen LogP contribution < -0.4 is 5.32 Å². The average molecular weight is 355 g/mol. The lowest BCUT2D eigenvalue weighted by Gasteiger charge is -2.56. The van der Waals surface area contributed by atoms with Gasteiger partial charge in [0.05, 0.1) is 18.8 Å². The third-order valence-electron chi connectivity index (χ3n) is 5.37. The zero-order valence-electron chi connectivity index (χ0n) is 14.1. The number of hydrogen-bond acceptors (Lipinski definition) is 4. The van der Waals surface area contributed by atoms with Gasteiger partial charge in [-0.2, -0.15) is 0 Å². The molecule has 1 amide bonds. The normalized spacial score (nSPS) is 24.8. The third kappa shape index (κ3) is 3.68. The number of carbonyl (C=O) groups excluding carboxylic acids is 1. The minimum absolute atomic E-state index is 0. The number of halogens is 1. The highest BCUT2D eigenvalue weighted by Gasteiger charge is 2.56. The molecule has 5 nitrogen and oxygen atoms in total. The Bertz CT molecular complexity index is 530. The van der Waals surface area contributed by atoms with Crippen LogP contribution in [0, 0.1) is 5.41 Å². The first kappa shape index (κ1) is 19.0. The first-order valence-corrected chi connectivity index (χ1v) is 8.52. The number of likely N-dealkylation sites (tertiary alicyclic amines) is 1. The fourth-order valence-corrected chi connectivity index (χ4v) is 3.83. The Morgan fingerprint density at radius 3 is 2.58 bits per heavy atom. The van der Waals surface area contributed by atoms with Crippen LogP contribution in [-0.2, 0) is 9.53 Å². The molecule has 1 aromatic carbocycles. The highest BCUT2D eigenvalue weighted by atomic mass is 35.5. The minimum Gasteiger partial charge on any atom is -0.392 e. The molecule has 2 fully saturated rings. The third-order valence-corrected chi connectivity index (χ3v) is 5.37. The molecule has 0 aromatic heterocycles. The van der Waals surface area contributed by atoms with Crippen molar-refractivity contribution in [3.05, 3.63) is 30.3 Å². The number of anilines is 1. The smallest absolute Gasteiger partial charge is 0.241 e. The highest BCUT2D eigenvalue weighted by Crippen LogP contribution is 2.50. The molecule has 1 saturated carbocycles. The van der Waals surface area contributed by atoms with Crippen molar-refractivity contribution in [2.24, 2.45) is 5.41 Å². The predicted octanol–water partition coefficient (Wildman–Crippen LogP) is 2.30. The van der Waals surface area contributed by atoms with Gasteiger partial charge in [-0.1, -0.05) is 18.2 Å². The van der Waals surface area contributed by atoms with E-state index in [4.69, 9.17) is 4.74 Å². The van der Waals surface area contributed by atoms with Crippen molar-refractivity contribution in [1.29, 1.82) is 0 Å². The van der Waals surface area contributed by atoms with Crippen molar-refractivity contribution in [3.8, 4) is 0 Å². The molecule has 1 spiro atoms. The molecular weight excluding hydrogens is 328 g/mol. The summed E-state index contributed by atoms with van der Waals surface area (Å²) in [5.41, 5.74) is 0.833. The SMILES string of the molecule is CCOC1CC(O)C12CCN(C(=O)CNc1ccccc1)CC2.Cl. The van der Waals surface area contributed by atoms with Crippen molar-refractivity contribution in [1.82, 2.24) is 4.90 Å². The van der Waals surface area contributed by atoms with Crippen LogP contribution in [-0.4, -0.2) is 54.4 Å². The maximum absolute atomic E-state index is 12.3. The summed E-state index contributed by atoms with van der Waals surface area (Å²) in [6.45, 7) is 4.40. The van der Waals surface area contributed by atoms with Gasteiger partial charge >= 0.3 is 0 Å². The first-order valence-electron chi connectivity index (χ1n) is 8.52. The second-order valence-electron chi connectivity index (χ2n) is 6.53. The molecular formula is C18H27ClN2O3. The van der Waals surface area contributed by atoms with E-state index in [9.17, 15) is 9.90 Å². The van der Waals surface area contributed by atoms with E-state index >= 15 is 0 Å². The standard InChI is InChI=1S/C18H26N2O3.ClH/c1-2-23-16-12-15(21)18(16)8-10-20(11-9-18)17(22)13-19-14-6-4-3-5-7-14;/h3-7,15-16,19,21H,2,8-13H2,1H3;1H. The maximum atomic E-state index is 12.3. The van der Waals surface area contributed by atoms with E-state index in [0.29, 0.717) is 26.2 Å². The lowest BCUT2D eigenvalue weighted by molar-refractivity contribution is -0.209. The highest BCUT2D eigenvalue weighted by molar-refractivity contribution is 5.85. The molecule has 0 radical (unpaired) electrons. The van der Waals surface area contributed by atoms with E-state index in [1.807, 2.05) is 42.2 Å². The number of piperidine rings is 1. The van der Waals surface area contributed by atoms with Crippen molar-refractivity contribution >= 4 is 24.0 Å². The molecule has 1 heterocycles. The van der Waals surface area contributed by atoms with Crippen LogP contribution in [0.15, 0.2) is 30.3 Å². The van der Waals surface area contributed by atoms with Gasteiger partial charge < -0.3 is 20.1 Å². The fourth-order valence-electron chi connectivity index (χ4n) is 3.83. The van der Waals surface area contributed by atoms with Gasteiger partial charge in [-0.3, -0.25) is 4.79 Å². The molecule has 1 aliphatic carbocycles. The van der Waals surface area contributed by atoms with E-state index in [-0.39, 0.29) is 35.9 Å². The Labute approximate surface area is 149 Å². The van der Waals surface area contributed by atoms with Crippen LogP contribution in [0.2, 0.25) is 0 Å². The Morgan fingerprint density at radius 2 is 2.00 bits per heavy atom. The molecule has 1 aliphatic heterocycles. The lowest BCUT2D eigenvalue weighted by atomic mass is 9.58. The van der Waals surface area contributed by atoms with Crippen molar-refractivity contribution in [2.75, 3.05) is 31.6 Å². The number of amides is 1. The van der Waals surface area contributed by atoms with E-state index in [0.717, 1.165) is 24.9 Å². The summed E-state index contributed by atoms with van der Waals surface area (Å²) in [4.78, 5) is 14.2. The summed E-state index contributed by atoms with van der Waals surface area (Å²) in [7, 11) is 0. The zero-order chi connectivity index (χ0) is 16.3. The number of carbonyl (C=O) groups is 1. The largest absolute Gasteiger partial charge is 0.392 e. The van der Waals surface area contributed by atoms with Crippen LogP contribution in [0.3, 0.4) is 0 Å². The Hall–Kier alpha value is -1.30. The number of aliphatic hydroxyl groups excluding tert-OH is 1. The van der Waals surface area contributed by atoms with E-state index in [2.05, 4.69) is 5.32 Å². The Morgan fingerprint density at radius 1 is 1.33 bits per heavy atom. The van der Waals surface area contributed by atoms with Crippen molar-refractivity contribution in [3.63, 3.8) is 0 Å². The number of hydrogen-bond donors (Lipinski definition) is 2. The van der Waals surface area contributed by atoms with Gasteiger partial charge in [0.15, 0.2) is 0 Å². The monoisotopic (exact) mass is 354 g/mol. The number of nitrogens with one attached hydrogen (secondary N) is 1. The van der Waals surface area contributed by atoms with Crippen LogP contribution in [0.25, 0.3) is 0 Å². The van der Waals surface area contributed by atoms with Crippen molar-refractivity contribution in [2.45, 2.75) is 38.4 Å². The van der Waals surface area contributed by atoms with Gasteiger partial charge in [-0.15, -0.1) is 12.4 Å². The number of ether oxygens (including phenoxy) is 1. The number of benzene rings is 1. The molecule has 2 unspecified atom stereocenters. The molecule has 6 heteroatoms. The first-order chi connectivity index (χ1) is 11.2. The second kappa shape index (κ2) is 8.19. The van der Waals surface area contributed by atoms with Gasteiger partial charge in [0.1, 0.15) is 0 Å². The summed E-state index contributed by atoms with van der Waals surface area (Å²) in [6.07, 6.45) is 2.27. The van der Waals surface area contributed by atoms with Gasteiger partial charge in [0.2, 0.25) is 5.91 Å². The summed E-state index contributed by atoms with van der Waals surface area (Å²) < 4.78 is 5.77. The summed E-state index contributed by atoms with van der Waals surface area (Å²) in [6, 6.07) is 9.76. The molecule has 2 atom stereocenters. The van der Waals surface area contributed by atoms with Gasteiger partial charge in [-0.05, 0) is 31.9 Å². The molecule has 0 bridgehead atoms. The molecule has 24 heavy (non-hydrogen) atoms. The molecule has 1 aromatic rings. The molecule has 134 valence electrons. The number of rotatable bonds is 5. The predicted molar refractivity (Wildman–Crippen MR) is 96.5 cm³/mol. The van der Waals surface area contributed by atoms with Crippen LogP contribution in [0.5, 0.6) is 0 Å².